The number of anilines is 2. The number of hydrogen-bond acceptors (Lipinski definition) is 5. The number of ether oxygens (including phenoxy) is 1. The average molecular weight is 473 g/mol. The van der Waals surface area contributed by atoms with Crippen LogP contribution in [-0.2, 0) is 4.79 Å². The Morgan fingerprint density at radius 3 is 2.91 bits per heavy atom. The SMILES string of the molecule is C#CC(=O)N1CCCC(c2cc3c(Nc4ccc(Cl)c(Cl)c4F)ncnc3cc2OC)C1. The first-order chi connectivity index (χ1) is 15.4. The monoisotopic (exact) mass is 472 g/mol. The number of fused-ring (bicyclic) bond motifs is 1. The van der Waals surface area contributed by atoms with Crippen molar-refractivity contribution < 1.29 is 13.9 Å². The maximum absolute atomic E-state index is 14.6. The van der Waals surface area contributed by atoms with Crippen molar-refractivity contribution >= 4 is 51.5 Å². The van der Waals surface area contributed by atoms with Crippen LogP contribution in [-0.4, -0.2) is 41.0 Å². The van der Waals surface area contributed by atoms with Crippen molar-refractivity contribution in [2.24, 2.45) is 0 Å². The molecule has 1 atom stereocenters. The van der Waals surface area contributed by atoms with Crippen molar-refractivity contribution in [3.63, 3.8) is 0 Å². The Morgan fingerprint density at radius 1 is 1.34 bits per heavy atom. The van der Waals surface area contributed by atoms with Gasteiger partial charge in [-0.3, -0.25) is 4.79 Å². The van der Waals surface area contributed by atoms with Gasteiger partial charge in [-0.25, -0.2) is 14.4 Å². The van der Waals surface area contributed by atoms with E-state index in [9.17, 15) is 9.18 Å². The summed E-state index contributed by atoms with van der Waals surface area (Å²) in [4.78, 5) is 22.3. The van der Waals surface area contributed by atoms with Crippen LogP contribution >= 0.6 is 23.2 Å². The van der Waals surface area contributed by atoms with Crippen molar-refractivity contribution in [1.82, 2.24) is 14.9 Å². The molecular weight excluding hydrogens is 454 g/mol. The molecule has 1 aliphatic rings. The first-order valence-electron chi connectivity index (χ1n) is 9.91. The summed E-state index contributed by atoms with van der Waals surface area (Å²) in [6.07, 6.45) is 8.38. The molecule has 164 valence electrons. The topological polar surface area (TPSA) is 67.4 Å². The number of terminal acetylenes is 1. The molecule has 0 spiro atoms. The lowest BCUT2D eigenvalue weighted by molar-refractivity contribution is -0.126. The van der Waals surface area contributed by atoms with Crippen molar-refractivity contribution in [1.29, 1.82) is 0 Å². The molecule has 9 heteroatoms. The standard InChI is InChI=1S/C23H19Cl2FN4O2/c1-3-20(31)30-8-4-5-13(11-30)14-9-15-18(10-19(14)32-2)27-12-28-23(15)29-17-7-6-16(24)21(25)22(17)26/h1,6-7,9-10,12-13H,4-5,8,11H2,2H3,(H,27,28,29). The fourth-order valence-corrected chi connectivity index (χ4v) is 4.26. The number of halogens is 3. The Kier molecular flexibility index (Phi) is 6.35. The van der Waals surface area contributed by atoms with Crippen molar-refractivity contribution in [2.75, 3.05) is 25.5 Å². The van der Waals surface area contributed by atoms with Crippen molar-refractivity contribution in [2.45, 2.75) is 18.8 Å². The molecule has 6 nitrogen and oxygen atoms in total. The van der Waals surface area contributed by atoms with Gasteiger partial charge >= 0.3 is 0 Å². The Morgan fingerprint density at radius 2 is 2.16 bits per heavy atom. The lowest BCUT2D eigenvalue weighted by Crippen LogP contribution is -2.38. The number of piperidine rings is 1. The van der Waals surface area contributed by atoms with Crippen molar-refractivity contribution in [3.8, 4) is 18.1 Å². The summed E-state index contributed by atoms with van der Waals surface area (Å²) in [7, 11) is 1.59. The van der Waals surface area contributed by atoms with Gasteiger partial charge in [0.05, 0.1) is 28.4 Å². The molecule has 32 heavy (non-hydrogen) atoms. The first kappa shape index (κ1) is 22.1. The molecule has 1 unspecified atom stereocenters. The molecule has 1 fully saturated rings. The fraction of sp³-hybridized carbons (Fsp3) is 0.261. The maximum Gasteiger partial charge on any atom is 0.298 e. The minimum atomic E-state index is -0.671. The van der Waals surface area contributed by atoms with Crippen LogP contribution in [0.4, 0.5) is 15.9 Å². The van der Waals surface area contributed by atoms with E-state index >= 15 is 0 Å². The molecule has 2 aromatic carbocycles. The van der Waals surface area contributed by atoms with Crippen LogP contribution in [0.15, 0.2) is 30.6 Å². The molecule has 1 aliphatic heterocycles. The predicted molar refractivity (Wildman–Crippen MR) is 123 cm³/mol. The Hall–Kier alpha value is -3.08. The summed E-state index contributed by atoms with van der Waals surface area (Å²) in [5, 5.41) is 3.62. The molecule has 0 bridgehead atoms. The zero-order valence-electron chi connectivity index (χ0n) is 17.2. The maximum atomic E-state index is 14.6. The molecule has 1 amide bonds. The van der Waals surface area contributed by atoms with E-state index in [1.807, 2.05) is 12.1 Å². The molecule has 4 rings (SSSR count). The first-order valence-corrected chi connectivity index (χ1v) is 10.7. The van der Waals surface area contributed by atoms with E-state index in [2.05, 4.69) is 21.2 Å². The van der Waals surface area contributed by atoms with Gasteiger partial charge in [0.1, 0.15) is 17.9 Å². The molecule has 3 aromatic rings. The third-order valence-electron chi connectivity index (χ3n) is 5.55. The summed E-state index contributed by atoms with van der Waals surface area (Å²) in [6, 6.07) is 6.73. The van der Waals surface area contributed by atoms with Crippen LogP contribution in [0.1, 0.15) is 24.3 Å². The van der Waals surface area contributed by atoms with Gasteiger partial charge in [-0.1, -0.05) is 23.2 Å². The van der Waals surface area contributed by atoms with Gasteiger partial charge < -0.3 is 15.0 Å². The zero-order valence-corrected chi connectivity index (χ0v) is 18.7. The van der Waals surface area contributed by atoms with Crippen LogP contribution < -0.4 is 10.1 Å². The molecular formula is C23H19Cl2FN4O2. The average Bonchev–Trinajstić information content (AvgIpc) is 2.83. The lowest BCUT2D eigenvalue weighted by Gasteiger charge is -2.32. The lowest BCUT2D eigenvalue weighted by atomic mass is 9.89. The molecule has 2 heterocycles. The second-order valence-electron chi connectivity index (χ2n) is 7.42. The smallest absolute Gasteiger partial charge is 0.298 e. The van der Waals surface area contributed by atoms with Crippen LogP contribution in [0, 0.1) is 18.2 Å². The van der Waals surface area contributed by atoms with Gasteiger partial charge in [0.15, 0.2) is 5.82 Å². The third kappa shape index (κ3) is 4.16. The summed E-state index contributed by atoms with van der Waals surface area (Å²) in [6.45, 7) is 1.12. The Balaban J connectivity index is 1.76. The second kappa shape index (κ2) is 9.19. The number of rotatable bonds is 4. The van der Waals surface area contributed by atoms with E-state index in [0.29, 0.717) is 35.6 Å². The third-order valence-corrected chi connectivity index (χ3v) is 6.33. The number of amides is 1. The van der Waals surface area contributed by atoms with Gasteiger partial charge in [0, 0.05) is 30.5 Å². The summed E-state index contributed by atoms with van der Waals surface area (Å²) < 4.78 is 20.2. The zero-order chi connectivity index (χ0) is 22.8. The molecule has 0 radical (unpaired) electrons. The largest absolute Gasteiger partial charge is 0.496 e. The highest BCUT2D eigenvalue weighted by atomic mass is 35.5. The highest BCUT2D eigenvalue weighted by Crippen LogP contribution is 2.38. The van der Waals surface area contributed by atoms with Gasteiger partial charge in [-0.2, -0.15) is 0 Å². The second-order valence-corrected chi connectivity index (χ2v) is 8.20. The molecule has 0 aliphatic carbocycles. The van der Waals surface area contributed by atoms with Gasteiger partial charge in [-0.05, 0) is 42.5 Å². The van der Waals surface area contributed by atoms with E-state index in [0.717, 1.165) is 18.4 Å². The minimum Gasteiger partial charge on any atom is -0.496 e. The summed E-state index contributed by atoms with van der Waals surface area (Å²) in [5.41, 5.74) is 1.66. The van der Waals surface area contributed by atoms with Gasteiger partial charge in [0.2, 0.25) is 0 Å². The number of nitrogens with one attached hydrogen (secondary N) is 1. The summed E-state index contributed by atoms with van der Waals surface area (Å²) >= 11 is 11.8. The fourth-order valence-electron chi connectivity index (χ4n) is 3.95. The van der Waals surface area contributed by atoms with Gasteiger partial charge in [0.25, 0.3) is 5.91 Å². The van der Waals surface area contributed by atoms with E-state index in [1.54, 1.807) is 12.0 Å². The number of nitrogens with zero attached hydrogens (tertiary/aromatic N) is 3. The highest BCUT2D eigenvalue weighted by molar-refractivity contribution is 6.42. The minimum absolute atomic E-state index is 0.0233. The number of methoxy groups -OCH3 is 1. The Bertz CT molecular complexity index is 1240. The van der Waals surface area contributed by atoms with Gasteiger partial charge in [-0.15, -0.1) is 6.42 Å². The molecule has 0 saturated carbocycles. The summed E-state index contributed by atoms with van der Waals surface area (Å²) in [5.74, 6) is 2.28. The van der Waals surface area contributed by atoms with E-state index in [1.165, 1.54) is 18.5 Å². The number of likely N-dealkylation sites (tertiary alicyclic amines) is 1. The highest BCUT2D eigenvalue weighted by Gasteiger charge is 2.27. The van der Waals surface area contributed by atoms with E-state index in [4.69, 9.17) is 34.4 Å². The Labute approximate surface area is 194 Å². The quantitative estimate of drug-likeness (QED) is 0.419. The van der Waals surface area contributed by atoms with Crippen LogP contribution in [0.25, 0.3) is 10.9 Å². The van der Waals surface area contributed by atoms with E-state index < -0.39 is 5.82 Å². The number of benzene rings is 2. The number of aromatic nitrogens is 2. The molecule has 1 aromatic heterocycles. The van der Waals surface area contributed by atoms with Crippen molar-refractivity contribution in [3.05, 3.63) is 52.0 Å². The van der Waals surface area contributed by atoms with Crippen LogP contribution in [0.3, 0.4) is 0 Å². The number of hydrogen-bond donors (Lipinski definition) is 1. The molecule has 1 N–H and O–H groups in total. The molecule has 1 saturated heterocycles. The normalized spacial score (nSPS) is 16.0. The van der Waals surface area contributed by atoms with Crippen LogP contribution in [0.5, 0.6) is 5.75 Å². The number of carbonyl (C=O) groups is 1. The number of carbonyl (C=O) groups excluding carboxylic acids is 1. The predicted octanol–water partition coefficient (Wildman–Crippen LogP) is 5.17. The van der Waals surface area contributed by atoms with Crippen LogP contribution in [0.2, 0.25) is 10.0 Å². The van der Waals surface area contributed by atoms with E-state index in [-0.39, 0.29) is 27.6 Å².